The molecule has 0 bridgehead atoms. The molecule has 4 aromatic rings. The minimum Gasteiger partial charge on any atom is -0.497 e. The predicted octanol–water partition coefficient (Wildman–Crippen LogP) is 4.98. The van der Waals surface area contributed by atoms with Crippen LogP contribution in [0.4, 0.5) is 5.82 Å². The minimum atomic E-state index is -0.307. The molecular formula is C22H19ClN4O3S. The second-order valence-corrected chi connectivity index (χ2v) is 7.89. The van der Waals surface area contributed by atoms with Crippen LogP contribution >= 0.6 is 22.9 Å². The summed E-state index contributed by atoms with van der Waals surface area (Å²) in [5, 5.41) is 10.6. The second kappa shape index (κ2) is 9.20. The summed E-state index contributed by atoms with van der Waals surface area (Å²) in [7, 11) is 1.58. The second-order valence-electron chi connectivity index (χ2n) is 6.62. The Hall–Kier alpha value is -3.36. The average Bonchev–Trinajstić information content (AvgIpc) is 3.39. The number of thiazole rings is 1. The Morgan fingerprint density at radius 2 is 1.94 bits per heavy atom. The van der Waals surface area contributed by atoms with Gasteiger partial charge in [-0.25, -0.2) is 4.98 Å². The lowest BCUT2D eigenvalue weighted by Gasteiger charge is -2.09. The summed E-state index contributed by atoms with van der Waals surface area (Å²) < 4.78 is 12.3. The van der Waals surface area contributed by atoms with E-state index in [0.29, 0.717) is 27.5 Å². The van der Waals surface area contributed by atoms with Gasteiger partial charge in [-0.05, 0) is 31.2 Å². The van der Waals surface area contributed by atoms with Gasteiger partial charge in [0.1, 0.15) is 17.3 Å². The van der Waals surface area contributed by atoms with Gasteiger partial charge in [-0.2, -0.15) is 9.78 Å². The number of benzene rings is 2. The number of anilines is 1. The molecule has 158 valence electrons. The van der Waals surface area contributed by atoms with Gasteiger partial charge in [-0.1, -0.05) is 29.8 Å². The molecule has 4 rings (SSSR count). The molecule has 2 aromatic heterocycles. The maximum absolute atomic E-state index is 12.5. The van der Waals surface area contributed by atoms with Gasteiger partial charge in [0.05, 0.1) is 18.5 Å². The van der Waals surface area contributed by atoms with Crippen molar-refractivity contribution in [3.8, 4) is 27.9 Å². The Labute approximate surface area is 188 Å². The number of rotatable bonds is 7. The fraction of sp³-hybridized carbons (Fsp3) is 0.136. The Morgan fingerprint density at radius 1 is 1.16 bits per heavy atom. The summed E-state index contributed by atoms with van der Waals surface area (Å²) in [5.74, 6) is 1.42. The number of halogens is 1. The molecular weight excluding hydrogens is 436 g/mol. The van der Waals surface area contributed by atoms with Crippen molar-refractivity contribution in [2.24, 2.45) is 0 Å². The van der Waals surface area contributed by atoms with Gasteiger partial charge < -0.3 is 14.8 Å². The molecule has 9 heteroatoms. The largest absolute Gasteiger partial charge is 0.497 e. The summed E-state index contributed by atoms with van der Waals surface area (Å²) in [6.07, 6.45) is 0. The number of aryl methyl sites for hydroxylation is 1. The Bertz CT molecular complexity index is 1200. The Balaban J connectivity index is 1.47. The van der Waals surface area contributed by atoms with E-state index in [-0.39, 0.29) is 12.5 Å². The molecule has 1 amide bonds. The molecule has 31 heavy (non-hydrogen) atoms. The number of methoxy groups -OCH3 is 1. The van der Waals surface area contributed by atoms with Crippen LogP contribution in [-0.4, -0.2) is 34.4 Å². The molecule has 0 fully saturated rings. The van der Waals surface area contributed by atoms with Gasteiger partial charge in [-0.3, -0.25) is 4.79 Å². The number of carbonyl (C=O) groups is 1. The highest BCUT2D eigenvalue weighted by molar-refractivity contribution is 7.12. The van der Waals surface area contributed by atoms with E-state index >= 15 is 0 Å². The van der Waals surface area contributed by atoms with Crippen molar-refractivity contribution in [1.82, 2.24) is 14.8 Å². The highest BCUT2D eigenvalue weighted by atomic mass is 35.5. The van der Waals surface area contributed by atoms with E-state index in [1.807, 2.05) is 36.6 Å². The number of carbonyl (C=O) groups excluding carboxylic acids is 1. The first kappa shape index (κ1) is 20.9. The SMILES string of the molecule is COc1cccc(OCC(=O)Nc2cc(C)nn2-c2nc(-c3ccc(Cl)cc3)cs2)c1. The van der Waals surface area contributed by atoms with Crippen molar-refractivity contribution in [3.63, 3.8) is 0 Å². The fourth-order valence-corrected chi connectivity index (χ4v) is 3.79. The van der Waals surface area contributed by atoms with Crippen LogP contribution in [-0.2, 0) is 4.79 Å². The van der Waals surface area contributed by atoms with Crippen molar-refractivity contribution in [2.45, 2.75) is 6.92 Å². The van der Waals surface area contributed by atoms with Crippen LogP contribution in [0.5, 0.6) is 11.5 Å². The van der Waals surface area contributed by atoms with E-state index in [1.54, 1.807) is 42.1 Å². The molecule has 0 radical (unpaired) electrons. The summed E-state index contributed by atoms with van der Waals surface area (Å²) >= 11 is 7.39. The van der Waals surface area contributed by atoms with Crippen LogP contribution in [0.15, 0.2) is 60.0 Å². The first-order valence-electron chi connectivity index (χ1n) is 9.37. The molecule has 0 spiro atoms. The molecule has 0 aliphatic carbocycles. The molecule has 7 nitrogen and oxygen atoms in total. The third-order valence-corrected chi connectivity index (χ3v) is 5.39. The number of hydrogen-bond donors (Lipinski definition) is 1. The van der Waals surface area contributed by atoms with Gasteiger partial charge in [0.25, 0.3) is 5.91 Å². The standard InChI is InChI=1S/C22H19ClN4O3S/c1-14-10-20(25-21(28)12-30-18-5-3-4-17(11-18)29-2)27(26-14)22-24-19(13-31-22)15-6-8-16(23)9-7-15/h3-11,13H,12H2,1-2H3,(H,25,28). The van der Waals surface area contributed by atoms with Crippen molar-refractivity contribution in [2.75, 3.05) is 19.0 Å². The fourth-order valence-electron chi connectivity index (χ4n) is 2.87. The smallest absolute Gasteiger partial charge is 0.263 e. The normalized spacial score (nSPS) is 10.7. The average molecular weight is 455 g/mol. The van der Waals surface area contributed by atoms with E-state index < -0.39 is 0 Å². The van der Waals surface area contributed by atoms with Crippen molar-refractivity contribution in [3.05, 3.63) is 70.7 Å². The van der Waals surface area contributed by atoms with E-state index in [4.69, 9.17) is 21.1 Å². The van der Waals surface area contributed by atoms with Crippen LogP contribution in [0.3, 0.4) is 0 Å². The Morgan fingerprint density at radius 3 is 2.71 bits per heavy atom. The Kier molecular flexibility index (Phi) is 6.20. The van der Waals surface area contributed by atoms with E-state index in [9.17, 15) is 4.79 Å². The van der Waals surface area contributed by atoms with Gasteiger partial charge in [0.15, 0.2) is 6.61 Å². The minimum absolute atomic E-state index is 0.148. The summed E-state index contributed by atoms with van der Waals surface area (Å²) in [6.45, 7) is 1.71. The summed E-state index contributed by atoms with van der Waals surface area (Å²) in [4.78, 5) is 17.1. The van der Waals surface area contributed by atoms with Gasteiger partial charge >= 0.3 is 0 Å². The number of nitrogens with one attached hydrogen (secondary N) is 1. The van der Waals surface area contributed by atoms with Crippen molar-refractivity contribution in [1.29, 1.82) is 0 Å². The van der Waals surface area contributed by atoms with E-state index in [0.717, 1.165) is 17.0 Å². The number of nitrogens with zero attached hydrogens (tertiary/aromatic N) is 3. The maximum Gasteiger partial charge on any atom is 0.263 e. The number of ether oxygens (including phenoxy) is 2. The molecule has 0 aliphatic rings. The van der Waals surface area contributed by atoms with Gasteiger partial charge in [0, 0.05) is 28.1 Å². The zero-order valence-corrected chi connectivity index (χ0v) is 18.4. The number of hydrogen-bond acceptors (Lipinski definition) is 6. The number of amides is 1. The van der Waals surface area contributed by atoms with Crippen molar-refractivity contribution >= 4 is 34.7 Å². The highest BCUT2D eigenvalue weighted by Crippen LogP contribution is 2.27. The first-order chi connectivity index (χ1) is 15.0. The lowest BCUT2D eigenvalue weighted by Crippen LogP contribution is -2.21. The molecule has 0 unspecified atom stereocenters. The first-order valence-corrected chi connectivity index (χ1v) is 10.6. The molecule has 1 N–H and O–H groups in total. The van der Waals surface area contributed by atoms with Gasteiger partial charge in [0.2, 0.25) is 5.13 Å². The summed E-state index contributed by atoms with van der Waals surface area (Å²) in [6, 6.07) is 16.3. The van der Waals surface area contributed by atoms with Crippen LogP contribution in [0.2, 0.25) is 5.02 Å². The van der Waals surface area contributed by atoms with Gasteiger partial charge in [-0.15, -0.1) is 11.3 Å². The quantitative estimate of drug-likeness (QED) is 0.426. The highest BCUT2D eigenvalue weighted by Gasteiger charge is 2.15. The van der Waals surface area contributed by atoms with Crippen LogP contribution in [0, 0.1) is 6.92 Å². The zero-order chi connectivity index (χ0) is 21.8. The molecule has 0 saturated heterocycles. The van der Waals surface area contributed by atoms with E-state index in [2.05, 4.69) is 15.4 Å². The molecule has 2 aromatic carbocycles. The molecule has 2 heterocycles. The monoisotopic (exact) mass is 454 g/mol. The lowest BCUT2D eigenvalue weighted by atomic mass is 10.2. The topological polar surface area (TPSA) is 78.3 Å². The summed E-state index contributed by atoms with van der Waals surface area (Å²) in [5.41, 5.74) is 2.52. The molecule has 0 saturated carbocycles. The van der Waals surface area contributed by atoms with Crippen LogP contribution in [0.25, 0.3) is 16.4 Å². The molecule has 0 aliphatic heterocycles. The van der Waals surface area contributed by atoms with Crippen LogP contribution in [0.1, 0.15) is 5.69 Å². The zero-order valence-electron chi connectivity index (χ0n) is 16.8. The van der Waals surface area contributed by atoms with E-state index in [1.165, 1.54) is 11.3 Å². The number of aromatic nitrogens is 3. The maximum atomic E-state index is 12.5. The predicted molar refractivity (Wildman–Crippen MR) is 122 cm³/mol. The lowest BCUT2D eigenvalue weighted by molar-refractivity contribution is -0.118. The molecule has 0 atom stereocenters. The van der Waals surface area contributed by atoms with Crippen LogP contribution < -0.4 is 14.8 Å². The third-order valence-electron chi connectivity index (χ3n) is 4.32. The third kappa shape index (κ3) is 5.04. The van der Waals surface area contributed by atoms with Crippen molar-refractivity contribution < 1.29 is 14.3 Å².